The van der Waals surface area contributed by atoms with Gasteiger partial charge in [-0.15, -0.1) is 0 Å². The Labute approximate surface area is 132 Å². The zero-order valence-electron chi connectivity index (χ0n) is 12.5. The van der Waals surface area contributed by atoms with E-state index in [4.69, 9.17) is 0 Å². The van der Waals surface area contributed by atoms with Crippen LogP contribution in [0.25, 0.3) is 0 Å². The highest BCUT2D eigenvalue weighted by Gasteiger charge is 2.45. The molecule has 0 unspecified atom stereocenters. The average molecular weight is 326 g/mol. The van der Waals surface area contributed by atoms with Gasteiger partial charge in [-0.2, -0.15) is 0 Å². The van der Waals surface area contributed by atoms with Crippen molar-refractivity contribution in [2.45, 2.75) is 31.8 Å². The molecule has 8 heteroatoms. The number of carboxylic acid groups (broad SMARTS) is 1. The number of carbonyl (C=O) groups is 2. The summed E-state index contributed by atoms with van der Waals surface area (Å²) in [6.45, 7) is 1.10. The molecule has 0 radical (unpaired) electrons. The van der Waals surface area contributed by atoms with Crippen molar-refractivity contribution >= 4 is 11.9 Å². The summed E-state index contributed by atoms with van der Waals surface area (Å²) in [6, 6.07) is 5.97. The predicted molar refractivity (Wildman–Crippen MR) is 77.6 cm³/mol. The molecule has 1 heterocycles. The SMILES string of the molecule is CC(=O)N[C@@H]1[C@@H](O)[C@@H](O)[C@@H](C(=O)O)CN1Cc1ccccc1F. The molecule has 0 saturated carbocycles. The zero-order chi connectivity index (χ0) is 17.1. The molecular formula is C15H19FN2O5. The molecule has 4 N–H and O–H groups in total. The van der Waals surface area contributed by atoms with Crippen LogP contribution in [0.5, 0.6) is 0 Å². The summed E-state index contributed by atoms with van der Waals surface area (Å²) in [5.41, 5.74) is 0.301. The number of halogens is 1. The van der Waals surface area contributed by atoms with Gasteiger partial charge >= 0.3 is 5.97 Å². The highest BCUT2D eigenvalue weighted by molar-refractivity contribution is 5.74. The van der Waals surface area contributed by atoms with E-state index in [1.165, 1.54) is 30.0 Å². The van der Waals surface area contributed by atoms with Gasteiger partial charge in [0.15, 0.2) is 0 Å². The molecule has 1 aliphatic rings. The topological polar surface area (TPSA) is 110 Å². The van der Waals surface area contributed by atoms with Crippen molar-refractivity contribution in [1.29, 1.82) is 0 Å². The largest absolute Gasteiger partial charge is 0.481 e. The third-order valence-corrected chi connectivity index (χ3v) is 3.91. The molecule has 23 heavy (non-hydrogen) atoms. The number of aliphatic hydroxyl groups is 2. The molecule has 1 fully saturated rings. The first-order chi connectivity index (χ1) is 10.8. The van der Waals surface area contributed by atoms with E-state index < -0.39 is 42.0 Å². The number of aliphatic hydroxyl groups excluding tert-OH is 2. The lowest BCUT2D eigenvalue weighted by Crippen LogP contribution is -2.65. The van der Waals surface area contributed by atoms with E-state index in [1.807, 2.05) is 0 Å². The van der Waals surface area contributed by atoms with Crippen LogP contribution in [-0.4, -0.2) is 57.0 Å². The fraction of sp³-hybridized carbons (Fsp3) is 0.467. The Balaban J connectivity index is 2.28. The van der Waals surface area contributed by atoms with Crippen molar-refractivity contribution in [1.82, 2.24) is 10.2 Å². The number of amides is 1. The van der Waals surface area contributed by atoms with Crippen molar-refractivity contribution in [2.75, 3.05) is 6.54 Å². The minimum Gasteiger partial charge on any atom is -0.481 e. The molecular weight excluding hydrogens is 307 g/mol. The molecule has 1 amide bonds. The van der Waals surface area contributed by atoms with Crippen molar-refractivity contribution in [2.24, 2.45) is 5.92 Å². The van der Waals surface area contributed by atoms with E-state index in [9.17, 15) is 29.3 Å². The van der Waals surface area contributed by atoms with Crippen LogP contribution in [0.15, 0.2) is 24.3 Å². The molecule has 4 atom stereocenters. The molecule has 1 aliphatic heterocycles. The number of benzene rings is 1. The van der Waals surface area contributed by atoms with Crippen LogP contribution in [0.2, 0.25) is 0 Å². The minimum absolute atomic E-state index is 0.00875. The minimum atomic E-state index is -1.53. The number of likely N-dealkylation sites (tertiary alicyclic amines) is 1. The van der Waals surface area contributed by atoms with Crippen LogP contribution >= 0.6 is 0 Å². The fourth-order valence-electron chi connectivity index (χ4n) is 2.73. The smallest absolute Gasteiger partial charge is 0.310 e. The Morgan fingerprint density at radius 1 is 1.30 bits per heavy atom. The quantitative estimate of drug-likeness (QED) is 0.595. The van der Waals surface area contributed by atoms with E-state index in [0.29, 0.717) is 5.56 Å². The maximum absolute atomic E-state index is 13.8. The summed E-state index contributed by atoms with van der Waals surface area (Å²) in [4.78, 5) is 24.0. The number of carboxylic acids is 1. The standard InChI is InChI=1S/C15H19FN2O5/c1-8(19)17-14-13(21)12(20)10(15(22)23)7-18(14)6-9-4-2-3-5-11(9)16/h2-5,10,12-14,20-21H,6-7H2,1H3,(H,17,19)(H,22,23)/t10-,12-,13-,14-/m0/s1. The molecule has 1 aromatic rings. The normalized spacial score (nSPS) is 28.3. The molecule has 2 rings (SSSR count). The Morgan fingerprint density at radius 2 is 1.96 bits per heavy atom. The molecule has 1 saturated heterocycles. The Hall–Kier alpha value is -2.03. The van der Waals surface area contributed by atoms with Crippen LogP contribution < -0.4 is 5.32 Å². The number of rotatable bonds is 4. The number of hydrogen-bond acceptors (Lipinski definition) is 5. The van der Waals surface area contributed by atoms with E-state index in [0.717, 1.165) is 0 Å². The Kier molecular flexibility index (Phi) is 5.30. The first kappa shape index (κ1) is 17.3. The first-order valence-corrected chi connectivity index (χ1v) is 7.14. The predicted octanol–water partition coefficient (Wildman–Crippen LogP) is -0.474. The number of hydrogen-bond donors (Lipinski definition) is 4. The summed E-state index contributed by atoms with van der Waals surface area (Å²) in [5, 5.41) is 31.8. The average Bonchev–Trinajstić information content (AvgIpc) is 2.48. The van der Waals surface area contributed by atoms with E-state index in [2.05, 4.69) is 5.32 Å². The number of piperidine rings is 1. The lowest BCUT2D eigenvalue weighted by atomic mass is 9.90. The van der Waals surface area contributed by atoms with E-state index in [-0.39, 0.29) is 13.1 Å². The van der Waals surface area contributed by atoms with E-state index in [1.54, 1.807) is 6.07 Å². The van der Waals surface area contributed by atoms with Gasteiger partial charge in [0.2, 0.25) is 5.91 Å². The molecule has 1 aromatic carbocycles. The van der Waals surface area contributed by atoms with Gasteiger partial charge < -0.3 is 20.6 Å². The van der Waals surface area contributed by atoms with Crippen LogP contribution in [0.4, 0.5) is 4.39 Å². The molecule has 7 nitrogen and oxygen atoms in total. The molecule has 126 valence electrons. The third-order valence-electron chi connectivity index (χ3n) is 3.91. The number of nitrogens with one attached hydrogen (secondary N) is 1. The van der Waals surface area contributed by atoms with E-state index >= 15 is 0 Å². The van der Waals surface area contributed by atoms with Gasteiger partial charge in [-0.3, -0.25) is 14.5 Å². The summed E-state index contributed by atoms with van der Waals surface area (Å²) < 4.78 is 13.8. The second-order valence-corrected chi connectivity index (χ2v) is 5.59. The molecule has 0 bridgehead atoms. The van der Waals surface area contributed by atoms with Gasteiger partial charge in [0, 0.05) is 25.6 Å². The summed E-state index contributed by atoms with van der Waals surface area (Å²) in [5.74, 6) is -3.42. The zero-order valence-corrected chi connectivity index (χ0v) is 12.5. The maximum Gasteiger partial charge on any atom is 0.310 e. The summed E-state index contributed by atoms with van der Waals surface area (Å²) in [7, 11) is 0. The van der Waals surface area contributed by atoms with Crippen LogP contribution in [0.1, 0.15) is 12.5 Å². The van der Waals surface area contributed by atoms with Gasteiger partial charge in [0.25, 0.3) is 0 Å². The van der Waals surface area contributed by atoms with Gasteiger partial charge in [0.05, 0.1) is 12.0 Å². The lowest BCUT2D eigenvalue weighted by molar-refractivity contribution is -0.165. The molecule has 0 aromatic heterocycles. The number of carbonyl (C=O) groups excluding carboxylic acids is 1. The summed E-state index contributed by atoms with van der Waals surface area (Å²) >= 11 is 0. The Morgan fingerprint density at radius 3 is 2.52 bits per heavy atom. The number of aliphatic carboxylic acids is 1. The van der Waals surface area contributed by atoms with Gasteiger partial charge in [-0.1, -0.05) is 18.2 Å². The van der Waals surface area contributed by atoms with Crippen LogP contribution in [0.3, 0.4) is 0 Å². The van der Waals surface area contributed by atoms with Crippen molar-refractivity contribution in [3.8, 4) is 0 Å². The van der Waals surface area contributed by atoms with Crippen LogP contribution in [0, 0.1) is 11.7 Å². The van der Waals surface area contributed by atoms with Crippen molar-refractivity contribution < 1.29 is 29.3 Å². The van der Waals surface area contributed by atoms with Gasteiger partial charge in [-0.25, -0.2) is 4.39 Å². The fourth-order valence-corrected chi connectivity index (χ4v) is 2.73. The Bertz CT molecular complexity index is 597. The first-order valence-electron chi connectivity index (χ1n) is 7.14. The van der Waals surface area contributed by atoms with Crippen molar-refractivity contribution in [3.05, 3.63) is 35.6 Å². The van der Waals surface area contributed by atoms with Gasteiger partial charge in [-0.05, 0) is 6.07 Å². The molecule has 0 spiro atoms. The highest BCUT2D eigenvalue weighted by atomic mass is 19.1. The molecule has 0 aliphatic carbocycles. The second-order valence-electron chi connectivity index (χ2n) is 5.59. The highest BCUT2D eigenvalue weighted by Crippen LogP contribution is 2.25. The lowest BCUT2D eigenvalue weighted by Gasteiger charge is -2.44. The number of nitrogens with zero attached hydrogens (tertiary/aromatic N) is 1. The van der Waals surface area contributed by atoms with Crippen LogP contribution in [-0.2, 0) is 16.1 Å². The van der Waals surface area contributed by atoms with Crippen molar-refractivity contribution in [3.63, 3.8) is 0 Å². The maximum atomic E-state index is 13.8. The second kappa shape index (κ2) is 7.03. The monoisotopic (exact) mass is 326 g/mol. The third kappa shape index (κ3) is 3.84. The van der Waals surface area contributed by atoms with Gasteiger partial charge in [0.1, 0.15) is 18.1 Å². The summed E-state index contributed by atoms with van der Waals surface area (Å²) in [6.07, 6.45) is -4.03.